The van der Waals surface area contributed by atoms with Crippen LogP contribution >= 0.6 is 0 Å². The van der Waals surface area contributed by atoms with Crippen LogP contribution in [0.3, 0.4) is 0 Å². The summed E-state index contributed by atoms with van der Waals surface area (Å²) in [6.07, 6.45) is -0.657. The van der Waals surface area contributed by atoms with Gasteiger partial charge in [-0.2, -0.15) is 0 Å². The molecule has 0 unspecified atom stereocenters. The van der Waals surface area contributed by atoms with Gasteiger partial charge in [-0.3, -0.25) is 14.6 Å². The predicted molar refractivity (Wildman–Crippen MR) is 112 cm³/mol. The van der Waals surface area contributed by atoms with Crippen molar-refractivity contribution in [1.29, 1.82) is 0 Å². The maximum atomic E-state index is 12.6. The Morgan fingerprint density at radius 2 is 1.90 bits per heavy atom. The van der Waals surface area contributed by atoms with Crippen LogP contribution in [-0.2, 0) is 25.7 Å². The number of hydrogen-bond donors (Lipinski definition) is 6. The van der Waals surface area contributed by atoms with E-state index in [1.807, 2.05) is 0 Å². The molecule has 2 atom stereocenters. The molecule has 9 N–H and O–H groups in total. The molecule has 0 aliphatic carbocycles. The van der Waals surface area contributed by atoms with E-state index in [1.54, 1.807) is 30.3 Å². The van der Waals surface area contributed by atoms with Gasteiger partial charge in [0.1, 0.15) is 12.6 Å². The second-order valence-corrected chi connectivity index (χ2v) is 6.56. The third-order valence-corrected chi connectivity index (χ3v) is 4.26. The summed E-state index contributed by atoms with van der Waals surface area (Å²) in [5, 5.41) is 14.0. The van der Waals surface area contributed by atoms with Crippen molar-refractivity contribution in [2.45, 2.75) is 31.0 Å². The first-order valence-corrected chi connectivity index (χ1v) is 9.43. The molecule has 1 aromatic rings. The summed E-state index contributed by atoms with van der Waals surface area (Å²) in [7, 11) is 0. The number of guanidine groups is 1. The lowest BCUT2D eigenvalue weighted by Gasteiger charge is -2.29. The molecule has 0 saturated heterocycles. The number of amides is 2. The van der Waals surface area contributed by atoms with Crippen molar-refractivity contribution in [1.82, 2.24) is 10.6 Å². The Morgan fingerprint density at radius 3 is 2.45 bits per heavy atom. The first-order chi connectivity index (χ1) is 14.8. The number of aliphatic hydroxyl groups excluding tert-OH is 1. The molecule has 0 aliphatic heterocycles. The van der Waals surface area contributed by atoms with E-state index >= 15 is 0 Å². The molecule has 0 aliphatic rings. The third-order valence-electron chi connectivity index (χ3n) is 4.26. The number of aliphatic imine (C=N–C) groups is 1. The van der Waals surface area contributed by atoms with Gasteiger partial charge in [0.2, 0.25) is 5.91 Å². The molecule has 31 heavy (non-hydrogen) atoms. The third kappa shape index (κ3) is 8.40. The van der Waals surface area contributed by atoms with Crippen LogP contribution in [0.4, 0.5) is 4.79 Å². The highest BCUT2D eigenvalue weighted by molar-refractivity contribution is 6.07. The zero-order valence-corrected chi connectivity index (χ0v) is 17.0. The number of nitrogens with zero attached hydrogens (tertiary/aromatic N) is 1. The number of rotatable bonds is 13. The number of alkyl carbamates (subject to hydrolysis) is 1. The minimum absolute atomic E-state index is 0.0544. The van der Waals surface area contributed by atoms with Crippen molar-refractivity contribution in [2.75, 3.05) is 19.7 Å². The van der Waals surface area contributed by atoms with Crippen LogP contribution in [0.2, 0.25) is 0 Å². The SMILES string of the molecule is NCC(=O)[C@@](C=O)(CCCN=C(N)N)NC(=O)[C@@H](CO)NC(=O)OCc1ccccc1. The molecule has 0 saturated carbocycles. The molecule has 0 bridgehead atoms. The molecule has 0 radical (unpaired) electrons. The van der Waals surface area contributed by atoms with E-state index in [-0.39, 0.29) is 38.2 Å². The van der Waals surface area contributed by atoms with Gasteiger partial charge in [0.15, 0.2) is 23.6 Å². The van der Waals surface area contributed by atoms with Crippen molar-refractivity contribution in [3.05, 3.63) is 35.9 Å². The average molecular weight is 436 g/mol. The van der Waals surface area contributed by atoms with E-state index in [9.17, 15) is 24.3 Å². The Hall–Kier alpha value is -3.51. The van der Waals surface area contributed by atoms with Gasteiger partial charge in [-0.15, -0.1) is 0 Å². The predicted octanol–water partition coefficient (Wildman–Crippen LogP) is -2.09. The van der Waals surface area contributed by atoms with Crippen LogP contribution < -0.4 is 27.8 Å². The smallest absolute Gasteiger partial charge is 0.408 e. The summed E-state index contributed by atoms with van der Waals surface area (Å²) in [6, 6.07) is 7.34. The highest BCUT2D eigenvalue weighted by atomic mass is 16.5. The van der Waals surface area contributed by atoms with Gasteiger partial charge in [-0.25, -0.2) is 4.79 Å². The van der Waals surface area contributed by atoms with Crippen molar-refractivity contribution in [2.24, 2.45) is 22.2 Å². The van der Waals surface area contributed by atoms with Crippen molar-refractivity contribution < 1.29 is 29.0 Å². The molecule has 2 amide bonds. The average Bonchev–Trinajstić information content (AvgIpc) is 2.77. The van der Waals surface area contributed by atoms with Crippen LogP contribution in [0.5, 0.6) is 0 Å². The van der Waals surface area contributed by atoms with Gasteiger partial charge in [0.05, 0.1) is 13.2 Å². The number of benzene rings is 1. The molecular weight excluding hydrogens is 408 g/mol. The van der Waals surface area contributed by atoms with Crippen molar-refractivity contribution in [3.63, 3.8) is 0 Å². The van der Waals surface area contributed by atoms with E-state index < -0.39 is 42.5 Å². The molecule has 12 nitrogen and oxygen atoms in total. The number of ketones is 1. The Kier molecular flexibility index (Phi) is 10.6. The Bertz CT molecular complexity index is 783. The number of aldehydes is 1. The summed E-state index contributed by atoms with van der Waals surface area (Å²) in [4.78, 5) is 52.3. The maximum absolute atomic E-state index is 12.6. The summed E-state index contributed by atoms with van der Waals surface area (Å²) in [5.41, 5.74) is 14.6. The number of aliphatic hydroxyl groups is 1. The second-order valence-electron chi connectivity index (χ2n) is 6.56. The second kappa shape index (κ2) is 12.9. The van der Waals surface area contributed by atoms with E-state index in [0.717, 1.165) is 5.56 Å². The molecule has 170 valence electrons. The van der Waals surface area contributed by atoms with E-state index in [4.69, 9.17) is 21.9 Å². The maximum Gasteiger partial charge on any atom is 0.408 e. The van der Waals surface area contributed by atoms with Gasteiger partial charge in [0.25, 0.3) is 0 Å². The number of carbonyl (C=O) groups excluding carboxylic acids is 4. The molecule has 12 heteroatoms. The quantitative estimate of drug-likeness (QED) is 0.0656. The largest absolute Gasteiger partial charge is 0.445 e. The lowest BCUT2D eigenvalue weighted by molar-refractivity contribution is -0.137. The number of carbonyl (C=O) groups is 4. The number of Topliss-reactive ketones (excluding diaryl/α,β-unsaturated/α-hetero) is 1. The fraction of sp³-hybridized carbons (Fsp3) is 0.421. The Morgan fingerprint density at radius 1 is 1.23 bits per heavy atom. The highest BCUT2D eigenvalue weighted by Gasteiger charge is 2.40. The van der Waals surface area contributed by atoms with Crippen LogP contribution in [0.25, 0.3) is 0 Å². The molecule has 0 aromatic heterocycles. The Balaban J connectivity index is 2.78. The highest BCUT2D eigenvalue weighted by Crippen LogP contribution is 2.13. The molecule has 0 heterocycles. The normalized spacial score (nSPS) is 13.2. The zero-order valence-electron chi connectivity index (χ0n) is 17.0. The summed E-state index contributed by atoms with van der Waals surface area (Å²) < 4.78 is 5.00. The minimum atomic E-state index is -1.95. The summed E-state index contributed by atoms with van der Waals surface area (Å²) in [6.45, 7) is -1.26. The van der Waals surface area contributed by atoms with E-state index in [2.05, 4.69) is 15.6 Å². The van der Waals surface area contributed by atoms with E-state index in [0.29, 0.717) is 0 Å². The zero-order chi connectivity index (χ0) is 23.3. The van der Waals surface area contributed by atoms with E-state index in [1.165, 1.54) is 0 Å². The van der Waals surface area contributed by atoms with Crippen LogP contribution in [0, 0.1) is 0 Å². The summed E-state index contributed by atoms with van der Waals surface area (Å²) >= 11 is 0. The number of hydrogen-bond acceptors (Lipinski definition) is 8. The van der Waals surface area contributed by atoms with Gasteiger partial charge >= 0.3 is 6.09 Å². The van der Waals surface area contributed by atoms with Gasteiger partial charge < -0.3 is 42.5 Å². The molecule has 0 spiro atoms. The van der Waals surface area contributed by atoms with Gasteiger partial charge in [-0.05, 0) is 18.4 Å². The molecule has 1 aromatic carbocycles. The standard InChI is InChI=1S/C19H28N6O6/c20-9-15(28)19(12-27,7-4-8-23-17(21)22)25-16(29)14(10-26)24-18(30)31-11-13-5-2-1-3-6-13/h1-3,5-6,12,14,26H,4,7-11,20H2,(H,24,30)(H,25,29)(H4,21,22,23)/t14-,19+/m1/s1. The monoisotopic (exact) mass is 436 g/mol. The fourth-order valence-corrected chi connectivity index (χ4v) is 2.58. The molecule has 0 fully saturated rings. The van der Waals surface area contributed by atoms with Crippen LogP contribution in [0.15, 0.2) is 35.3 Å². The van der Waals surface area contributed by atoms with Gasteiger partial charge in [0, 0.05) is 6.54 Å². The molecule has 1 rings (SSSR count). The lowest BCUT2D eigenvalue weighted by atomic mass is 9.89. The van der Waals surface area contributed by atoms with Crippen LogP contribution in [-0.4, -0.2) is 66.4 Å². The minimum Gasteiger partial charge on any atom is -0.445 e. The number of nitrogens with two attached hydrogens (primary N) is 3. The van der Waals surface area contributed by atoms with Gasteiger partial charge in [-0.1, -0.05) is 30.3 Å². The van der Waals surface area contributed by atoms with Crippen LogP contribution in [0.1, 0.15) is 18.4 Å². The van der Waals surface area contributed by atoms with Crippen molar-refractivity contribution in [3.8, 4) is 0 Å². The number of nitrogens with one attached hydrogen (secondary N) is 2. The molecular formula is C19H28N6O6. The lowest BCUT2D eigenvalue weighted by Crippen LogP contribution is -2.62. The van der Waals surface area contributed by atoms with Crippen molar-refractivity contribution >= 4 is 30.0 Å². The fourth-order valence-electron chi connectivity index (χ4n) is 2.58. The first kappa shape index (κ1) is 25.5. The topological polar surface area (TPSA) is 212 Å². The first-order valence-electron chi connectivity index (χ1n) is 9.43. The number of ether oxygens (including phenoxy) is 1. The summed E-state index contributed by atoms with van der Waals surface area (Å²) in [5.74, 6) is -1.87. The Labute approximate surface area is 179 Å².